The number of ether oxygens (including phenoxy) is 4. The summed E-state index contributed by atoms with van der Waals surface area (Å²) in [6, 6.07) is 6.18. The first-order valence-corrected chi connectivity index (χ1v) is 17.0. The Morgan fingerprint density at radius 1 is 1.11 bits per heavy atom. The number of hydrogen-bond acceptors (Lipinski definition) is 6. The Balaban J connectivity index is 2.37. The summed E-state index contributed by atoms with van der Waals surface area (Å²) in [7, 11) is 1.70. The van der Waals surface area contributed by atoms with Gasteiger partial charge >= 0.3 is 6.09 Å². The zero-order valence-corrected chi connectivity index (χ0v) is 30.2. The molecule has 4 atom stereocenters. The van der Waals surface area contributed by atoms with Crippen molar-refractivity contribution in [3.8, 4) is 5.75 Å². The average molecular weight is 632 g/mol. The van der Waals surface area contributed by atoms with Crippen molar-refractivity contribution >= 4 is 12.0 Å². The number of unbranched alkanes of at least 4 members (excludes halogenated alkanes) is 1. The van der Waals surface area contributed by atoms with E-state index in [1.165, 1.54) is 11.1 Å². The Labute approximate surface area is 274 Å². The number of methoxy groups -OCH3 is 1. The van der Waals surface area contributed by atoms with E-state index < -0.39 is 28.9 Å². The molecule has 0 spiro atoms. The number of nitrogens with zero attached hydrogens (tertiary/aromatic N) is 1. The minimum Gasteiger partial charge on any atom is -0.493 e. The SMILES string of the molecule is [CH2+]C1(C)O[C@H](CNC(=O)C(C)(C)CCCC)[C@H](C[C@H](Cc2ccc(CC)c(OCCCOC)c2)C(C)C)N1C(=O)OC(C)(C)C. The summed E-state index contributed by atoms with van der Waals surface area (Å²) in [5.74, 6) is 1.45. The van der Waals surface area contributed by atoms with Crippen molar-refractivity contribution in [1.29, 1.82) is 0 Å². The number of rotatable bonds is 17. The maximum atomic E-state index is 13.7. The van der Waals surface area contributed by atoms with Crippen molar-refractivity contribution in [2.24, 2.45) is 17.3 Å². The van der Waals surface area contributed by atoms with Crippen molar-refractivity contribution in [1.82, 2.24) is 10.2 Å². The van der Waals surface area contributed by atoms with Gasteiger partial charge in [-0.2, -0.15) is 0 Å². The minimum atomic E-state index is -1.15. The van der Waals surface area contributed by atoms with Gasteiger partial charge in [-0.25, -0.2) is 9.69 Å². The van der Waals surface area contributed by atoms with Crippen LogP contribution in [0.15, 0.2) is 18.2 Å². The van der Waals surface area contributed by atoms with Crippen molar-refractivity contribution in [2.45, 2.75) is 138 Å². The van der Waals surface area contributed by atoms with Crippen LogP contribution in [0.1, 0.15) is 112 Å². The monoisotopic (exact) mass is 631 g/mol. The topological polar surface area (TPSA) is 86.3 Å². The third-order valence-corrected chi connectivity index (χ3v) is 8.75. The highest BCUT2D eigenvalue weighted by Crippen LogP contribution is 2.39. The Hall–Kier alpha value is -2.45. The van der Waals surface area contributed by atoms with E-state index in [2.05, 4.69) is 58.1 Å². The van der Waals surface area contributed by atoms with Crippen molar-refractivity contribution in [3.63, 3.8) is 0 Å². The van der Waals surface area contributed by atoms with Gasteiger partial charge in [-0.15, -0.1) is 0 Å². The molecule has 1 fully saturated rings. The molecule has 1 aromatic rings. The predicted molar refractivity (Wildman–Crippen MR) is 181 cm³/mol. The third kappa shape index (κ3) is 11.7. The first-order chi connectivity index (χ1) is 21.0. The van der Waals surface area contributed by atoms with Crippen molar-refractivity contribution in [3.05, 3.63) is 36.2 Å². The van der Waals surface area contributed by atoms with Crippen LogP contribution in [0.5, 0.6) is 5.75 Å². The van der Waals surface area contributed by atoms with Gasteiger partial charge in [0.05, 0.1) is 12.6 Å². The molecule has 1 N–H and O–H groups in total. The smallest absolute Gasteiger partial charge is 0.416 e. The van der Waals surface area contributed by atoms with Gasteiger partial charge in [-0.1, -0.05) is 66.5 Å². The fraction of sp³-hybridized carbons (Fsp3) is 0.757. The van der Waals surface area contributed by atoms with E-state index in [1.54, 1.807) is 18.9 Å². The average Bonchev–Trinajstić information content (AvgIpc) is 3.20. The summed E-state index contributed by atoms with van der Waals surface area (Å²) < 4.78 is 23.7. The number of carbonyl (C=O) groups excluding carboxylic acids is 2. The van der Waals surface area contributed by atoms with Gasteiger partial charge in [0.25, 0.3) is 5.72 Å². The molecule has 1 aromatic carbocycles. The lowest BCUT2D eigenvalue weighted by Gasteiger charge is -2.34. The number of amides is 2. The zero-order valence-electron chi connectivity index (χ0n) is 30.2. The van der Waals surface area contributed by atoms with Crippen LogP contribution >= 0.6 is 0 Å². The number of aryl methyl sites for hydroxylation is 1. The standard InChI is InChI=1S/C37H62N2O6/c1-13-15-19-36(8,9)33(40)38-25-32-30(39(37(10,11)44-32)34(41)45-35(5,6)7)24-29(26(3)4)22-27-17-18-28(14-2)31(23-27)43-21-16-20-42-12/h17-18,23,26,29-30,32H,10,13-16,19-22,24-25H2,1-9,11-12H3/p+1/t29-,30-,32+,37?/m0/s1. The molecule has 0 saturated carbocycles. The Kier molecular flexibility index (Phi) is 14.6. The number of hydrogen-bond donors (Lipinski definition) is 1. The molecule has 45 heavy (non-hydrogen) atoms. The molecule has 1 saturated heterocycles. The quantitative estimate of drug-likeness (QED) is 0.140. The Morgan fingerprint density at radius 3 is 2.38 bits per heavy atom. The highest BCUT2D eigenvalue weighted by molar-refractivity contribution is 5.81. The van der Waals surface area contributed by atoms with Gasteiger partial charge in [0.2, 0.25) is 5.91 Å². The molecular weight excluding hydrogens is 568 g/mol. The number of carbonyl (C=O) groups is 2. The van der Waals surface area contributed by atoms with Crippen molar-refractivity contribution in [2.75, 3.05) is 26.9 Å². The normalized spacial score (nSPS) is 21.2. The van der Waals surface area contributed by atoms with Crippen LogP contribution in [0.25, 0.3) is 0 Å². The Morgan fingerprint density at radius 2 is 1.80 bits per heavy atom. The van der Waals surface area contributed by atoms with E-state index in [1.807, 2.05) is 34.6 Å². The molecule has 1 unspecified atom stereocenters. The molecule has 0 aromatic heterocycles. The van der Waals surface area contributed by atoms with E-state index in [-0.39, 0.29) is 17.9 Å². The van der Waals surface area contributed by atoms with E-state index >= 15 is 0 Å². The molecule has 0 bridgehead atoms. The van der Waals surface area contributed by atoms with Gasteiger partial charge in [0.15, 0.2) is 0 Å². The maximum Gasteiger partial charge on any atom is 0.416 e. The van der Waals surface area contributed by atoms with Crippen LogP contribution in [-0.4, -0.2) is 67.2 Å². The van der Waals surface area contributed by atoms with Crippen LogP contribution in [0.4, 0.5) is 4.79 Å². The molecule has 0 radical (unpaired) electrons. The lowest BCUT2D eigenvalue weighted by molar-refractivity contribution is -0.130. The fourth-order valence-electron chi connectivity index (χ4n) is 5.96. The summed E-state index contributed by atoms with van der Waals surface area (Å²) in [4.78, 5) is 28.6. The minimum absolute atomic E-state index is 0.00534. The largest absolute Gasteiger partial charge is 0.493 e. The second kappa shape index (κ2) is 16.9. The number of benzene rings is 1. The molecule has 1 aliphatic heterocycles. The molecule has 8 nitrogen and oxygen atoms in total. The predicted octanol–water partition coefficient (Wildman–Crippen LogP) is 7.76. The van der Waals surface area contributed by atoms with Gasteiger partial charge in [0, 0.05) is 39.0 Å². The second-order valence-electron chi connectivity index (χ2n) is 14.9. The van der Waals surface area contributed by atoms with E-state index in [9.17, 15) is 9.59 Å². The Bertz CT molecular complexity index is 1080. The van der Waals surface area contributed by atoms with Gasteiger partial charge in [0.1, 0.15) is 24.4 Å². The van der Waals surface area contributed by atoms with E-state index in [0.717, 1.165) is 44.3 Å². The molecule has 2 amide bonds. The fourth-order valence-corrected chi connectivity index (χ4v) is 5.96. The second-order valence-corrected chi connectivity index (χ2v) is 14.9. The van der Waals surface area contributed by atoms with Crippen LogP contribution in [0.2, 0.25) is 0 Å². The van der Waals surface area contributed by atoms with Crippen LogP contribution in [0.3, 0.4) is 0 Å². The third-order valence-electron chi connectivity index (χ3n) is 8.75. The maximum absolute atomic E-state index is 13.7. The van der Waals surface area contributed by atoms with E-state index in [4.69, 9.17) is 18.9 Å². The van der Waals surface area contributed by atoms with E-state index in [0.29, 0.717) is 32.1 Å². The molecule has 256 valence electrons. The summed E-state index contributed by atoms with van der Waals surface area (Å²) in [5.41, 5.74) is 0.0642. The van der Waals surface area contributed by atoms with Gasteiger partial charge < -0.3 is 24.3 Å². The number of nitrogens with one attached hydrogen (secondary N) is 1. The van der Waals surface area contributed by atoms with Crippen LogP contribution in [-0.2, 0) is 31.8 Å². The first kappa shape index (κ1) is 38.7. The van der Waals surface area contributed by atoms with Crippen molar-refractivity contribution < 1.29 is 28.5 Å². The highest BCUT2D eigenvalue weighted by Gasteiger charge is 2.56. The molecule has 1 heterocycles. The summed E-state index contributed by atoms with van der Waals surface area (Å²) >= 11 is 0. The molecule has 1 aliphatic rings. The molecule has 2 rings (SSSR count). The van der Waals surface area contributed by atoms with Crippen LogP contribution in [0, 0.1) is 24.2 Å². The lowest BCUT2D eigenvalue weighted by atomic mass is 9.82. The van der Waals surface area contributed by atoms with Crippen LogP contribution < -0.4 is 10.1 Å². The lowest BCUT2D eigenvalue weighted by Crippen LogP contribution is -2.52. The highest BCUT2D eigenvalue weighted by atomic mass is 16.6. The summed E-state index contributed by atoms with van der Waals surface area (Å²) in [6.07, 6.45) is 5.15. The molecular formula is C37H63N2O6+. The molecule has 8 heteroatoms. The summed E-state index contributed by atoms with van der Waals surface area (Å²) in [6.45, 7) is 25.9. The van der Waals surface area contributed by atoms with Gasteiger partial charge in [-0.05, 0) is 75.5 Å². The first-order valence-electron chi connectivity index (χ1n) is 17.0. The molecule has 0 aliphatic carbocycles. The summed E-state index contributed by atoms with van der Waals surface area (Å²) in [5, 5.41) is 3.15. The van der Waals surface area contributed by atoms with Gasteiger partial charge in [-0.3, -0.25) is 4.79 Å². The zero-order chi connectivity index (χ0) is 34.0.